The molecule has 0 aliphatic rings. The number of ether oxygens (including phenoxy) is 3. The van der Waals surface area contributed by atoms with Crippen molar-refractivity contribution in [2.45, 2.75) is 13.0 Å². The minimum atomic E-state index is -0.883. The third-order valence-electron chi connectivity index (χ3n) is 2.89. The van der Waals surface area contributed by atoms with Gasteiger partial charge in [-0.1, -0.05) is 34.8 Å². The minimum absolute atomic E-state index is 0.250. The average Bonchev–Trinajstić information content (AvgIpc) is 2.53. The van der Waals surface area contributed by atoms with Crippen LogP contribution in [0.4, 0.5) is 0 Å². The van der Waals surface area contributed by atoms with E-state index >= 15 is 0 Å². The van der Waals surface area contributed by atoms with Crippen molar-refractivity contribution in [3.05, 3.63) is 51.5 Å². The normalized spacial score (nSPS) is 11.7. The zero-order valence-corrected chi connectivity index (χ0v) is 14.6. The molecule has 1 atom stereocenters. The van der Waals surface area contributed by atoms with E-state index in [0.29, 0.717) is 16.5 Å². The van der Waals surface area contributed by atoms with E-state index in [2.05, 4.69) is 0 Å². The highest BCUT2D eigenvalue weighted by Crippen LogP contribution is 2.34. The summed E-state index contributed by atoms with van der Waals surface area (Å²) in [5.74, 6) is 0.723. The van der Waals surface area contributed by atoms with Crippen LogP contribution in [0.1, 0.15) is 6.92 Å². The lowest BCUT2D eigenvalue weighted by atomic mass is 10.3. The smallest absolute Gasteiger partial charge is 0.352 e. The first kappa shape index (κ1) is 17.7. The van der Waals surface area contributed by atoms with E-state index in [9.17, 15) is 4.79 Å². The predicted octanol–water partition coefficient (Wildman–Crippen LogP) is 5.03. The molecule has 7 heteroatoms. The van der Waals surface area contributed by atoms with Crippen LogP contribution in [0.5, 0.6) is 17.2 Å². The molecule has 0 N–H and O–H groups in total. The Morgan fingerprint density at radius 2 is 1.52 bits per heavy atom. The molecule has 0 amide bonds. The van der Waals surface area contributed by atoms with Crippen LogP contribution in [0, 0.1) is 0 Å². The van der Waals surface area contributed by atoms with Crippen molar-refractivity contribution in [2.75, 3.05) is 7.11 Å². The Balaban J connectivity index is 2.03. The van der Waals surface area contributed by atoms with Gasteiger partial charge in [-0.25, -0.2) is 4.79 Å². The Kier molecular flexibility index (Phi) is 5.99. The first-order valence-electron chi connectivity index (χ1n) is 6.57. The summed E-state index contributed by atoms with van der Waals surface area (Å²) in [6, 6.07) is 9.50. The molecule has 2 rings (SSSR count). The van der Waals surface area contributed by atoms with Crippen LogP contribution < -0.4 is 14.2 Å². The molecule has 0 aliphatic carbocycles. The van der Waals surface area contributed by atoms with Gasteiger partial charge in [0.2, 0.25) is 0 Å². The summed E-state index contributed by atoms with van der Waals surface area (Å²) in [5.41, 5.74) is 0. The van der Waals surface area contributed by atoms with Gasteiger partial charge in [-0.05, 0) is 37.3 Å². The van der Waals surface area contributed by atoms with Gasteiger partial charge in [0.25, 0.3) is 0 Å². The van der Waals surface area contributed by atoms with Gasteiger partial charge in [-0.2, -0.15) is 0 Å². The Morgan fingerprint density at radius 3 is 2.13 bits per heavy atom. The fourth-order valence-corrected chi connectivity index (χ4v) is 2.26. The van der Waals surface area contributed by atoms with Crippen molar-refractivity contribution in [2.24, 2.45) is 0 Å². The number of methoxy groups -OCH3 is 1. The Labute approximate surface area is 148 Å². The van der Waals surface area contributed by atoms with E-state index in [1.54, 1.807) is 38.3 Å². The molecule has 4 nitrogen and oxygen atoms in total. The topological polar surface area (TPSA) is 44.8 Å². The van der Waals surface area contributed by atoms with E-state index in [0.717, 1.165) is 0 Å². The fourth-order valence-electron chi connectivity index (χ4n) is 1.68. The maximum atomic E-state index is 12.1. The van der Waals surface area contributed by atoms with E-state index in [4.69, 9.17) is 49.0 Å². The largest absolute Gasteiger partial charge is 0.497 e. The van der Waals surface area contributed by atoms with Crippen molar-refractivity contribution in [3.8, 4) is 17.2 Å². The van der Waals surface area contributed by atoms with E-state index in [1.807, 2.05) is 0 Å². The Morgan fingerprint density at radius 1 is 0.957 bits per heavy atom. The molecule has 0 aliphatic heterocycles. The van der Waals surface area contributed by atoms with Crippen molar-refractivity contribution < 1.29 is 19.0 Å². The molecule has 0 saturated carbocycles. The van der Waals surface area contributed by atoms with Crippen LogP contribution in [-0.4, -0.2) is 19.2 Å². The highest BCUT2D eigenvalue weighted by atomic mass is 35.5. The van der Waals surface area contributed by atoms with Crippen LogP contribution in [0.25, 0.3) is 0 Å². The standard InChI is InChI=1S/C16H13Cl3O4/c1-9(22-15-8-13(18)12(17)7-14(15)19)16(20)23-11-5-3-10(21-2)4-6-11/h3-9H,1-2H3. The first-order valence-corrected chi connectivity index (χ1v) is 7.71. The molecule has 0 spiro atoms. The number of hydrogen-bond acceptors (Lipinski definition) is 4. The van der Waals surface area contributed by atoms with Crippen molar-refractivity contribution in [1.82, 2.24) is 0 Å². The van der Waals surface area contributed by atoms with Gasteiger partial charge in [-0.3, -0.25) is 0 Å². The second kappa shape index (κ2) is 7.77. The maximum absolute atomic E-state index is 12.1. The molecular formula is C16H13Cl3O4. The number of hydrogen-bond donors (Lipinski definition) is 0. The van der Waals surface area contributed by atoms with E-state index < -0.39 is 12.1 Å². The van der Waals surface area contributed by atoms with Crippen molar-refractivity contribution in [1.29, 1.82) is 0 Å². The van der Waals surface area contributed by atoms with Crippen LogP contribution >= 0.6 is 34.8 Å². The zero-order valence-electron chi connectivity index (χ0n) is 12.3. The summed E-state index contributed by atoms with van der Waals surface area (Å²) in [4.78, 5) is 12.1. The average molecular weight is 376 g/mol. The van der Waals surface area contributed by atoms with Gasteiger partial charge in [0.15, 0.2) is 6.10 Å². The maximum Gasteiger partial charge on any atom is 0.352 e. The van der Waals surface area contributed by atoms with Gasteiger partial charge in [-0.15, -0.1) is 0 Å². The van der Waals surface area contributed by atoms with Gasteiger partial charge in [0, 0.05) is 6.07 Å². The lowest BCUT2D eigenvalue weighted by Gasteiger charge is -2.15. The van der Waals surface area contributed by atoms with E-state index in [1.165, 1.54) is 12.1 Å². The van der Waals surface area contributed by atoms with Gasteiger partial charge in [0.1, 0.15) is 17.2 Å². The summed E-state index contributed by atoms with van der Waals surface area (Å²) in [6.45, 7) is 1.55. The van der Waals surface area contributed by atoms with E-state index in [-0.39, 0.29) is 15.8 Å². The SMILES string of the molecule is COc1ccc(OC(=O)C(C)Oc2cc(Cl)c(Cl)cc2Cl)cc1. The summed E-state index contributed by atoms with van der Waals surface area (Å²) >= 11 is 17.8. The second-order valence-corrected chi connectivity index (χ2v) is 5.78. The Hall–Kier alpha value is -1.62. The first-order chi connectivity index (χ1) is 10.9. The predicted molar refractivity (Wildman–Crippen MR) is 90.2 cm³/mol. The molecular weight excluding hydrogens is 363 g/mol. The summed E-state index contributed by atoms with van der Waals surface area (Å²) < 4.78 is 15.7. The highest BCUT2D eigenvalue weighted by Gasteiger charge is 2.19. The molecule has 0 fully saturated rings. The van der Waals surface area contributed by atoms with Crippen LogP contribution in [0.2, 0.25) is 15.1 Å². The van der Waals surface area contributed by atoms with Crippen LogP contribution in [0.3, 0.4) is 0 Å². The number of benzene rings is 2. The minimum Gasteiger partial charge on any atom is -0.497 e. The molecule has 1 unspecified atom stereocenters. The van der Waals surface area contributed by atoms with Crippen molar-refractivity contribution in [3.63, 3.8) is 0 Å². The van der Waals surface area contributed by atoms with Crippen LogP contribution in [0.15, 0.2) is 36.4 Å². The number of esters is 1. The molecule has 0 heterocycles. The Bertz CT molecular complexity index is 701. The molecule has 2 aromatic carbocycles. The van der Waals surface area contributed by atoms with Gasteiger partial charge >= 0.3 is 5.97 Å². The molecule has 0 radical (unpaired) electrons. The number of halogens is 3. The third-order valence-corrected chi connectivity index (χ3v) is 3.91. The number of rotatable bonds is 5. The number of carbonyl (C=O) groups is 1. The summed E-state index contributed by atoms with van der Waals surface area (Å²) in [5, 5.41) is 0.836. The lowest BCUT2D eigenvalue weighted by molar-refractivity contribution is -0.141. The molecule has 2 aromatic rings. The third kappa shape index (κ3) is 4.67. The molecule has 122 valence electrons. The highest BCUT2D eigenvalue weighted by molar-refractivity contribution is 6.43. The molecule has 0 aromatic heterocycles. The van der Waals surface area contributed by atoms with Gasteiger partial charge in [0.05, 0.1) is 22.2 Å². The fraction of sp³-hybridized carbons (Fsp3) is 0.188. The zero-order chi connectivity index (χ0) is 17.0. The monoisotopic (exact) mass is 374 g/mol. The molecule has 0 saturated heterocycles. The van der Waals surface area contributed by atoms with Crippen LogP contribution in [-0.2, 0) is 4.79 Å². The quantitative estimate of drug-likeness (QED) is 0.418. The van der Waals surface area contributed by atoms with Gasteiger partial charge < -0.3 is 14.2 Å². The second-order valence-electron chi connectivity index (χ2n) is 4.55. The number of carbonyl (C=O) groups excluding carboxylic acids is 1. The summed E-state index contributed by atoms with van der Waals surface area (Å²) in [7, 11) is 1.55. The molecule has 23 heavy (non-hydrogen) atoms. The van der Waals surface area contributed by atoms with Crippen molar-refractivity contribution >= 4 is 40.8 Å². The molecule has 0 bridgehead atoms. The lowest BCUT2D eigenvalue weighted by Crippen LogP contribution is -2.28. The summed E-state index contributed by atoms with van der Waals surface area (Å²) in [6.07, 6.45) is -0.883.